The summed E-state index contributed by atoms with van der Waals surface area (Å²) in [5, 5.41) is 12.9. The summed E-state index contributed by atoms with van der Waals surface area (Å²) >= 11 is 6.28. The van der Waals surface area contributed by atoms with Crippen molar-refractivity contribution in [3.63, 3.8) is 0 Å². The first-order valence-corrected chi connectivity index (χ1v) is 12.0. The number of nitrogens with zero attached hydrogens (tertiary/aromatic N) is 2. The van der Waals surface area contributed by atoms with Gasteiger partial charge in [0.1, 0.15) is 17.4 Å². The van der Waals surface area contributed by atoms with Gasteiger partial charge in [0.05, 0.1) is 23.2 Å². The van der Waals surface area contributed by atoms with Crippen molar-refractivity contribution < 1.29 is 19.4 Å². The number of aliphatic hydroxyl groups is 1. The Bertz CT molecular complexity index is 1170. The molecule has 0 saturated carbocycles. The van der Waals surface area contributed by atoms with Crippen LogP contribution in [-0.2, 0) is 24.7 Å². The standard InChI is InChI=1S/C27H32ClN3O4/c1-17(2)35-25-10-9-21(15-23(25)28)27(34)29-22(11-12-32)14-19-5-7-20(8-6-19)24-16-31(4)26(30-24)13-18(3)33/h5-10,15-17,22,32H,11-14H2,1-4H3,(H,29,34). The zero-order valence-electron chi connectivity index (χ0n) is 20.5. The fourth-order valence-electron chi connectivity index (χ4n) is 3.77. The molecule has 186 valence electrons. The van der Waals surface area contributed by atoms with Gasteiger partial charge in [-0.1, -0.05) is 35.9 Å². The Balaban J connectivity index is 1.67. The number of nitrogens with one attached hydrogen (secondary N) is 1. The van der Waals surface area contributed by atoms with Gasteiger partial charge in [-0.15, -0.1) is 0 Å². The van der Waals surface area contributed by atoms with Gasteiger partial charge in [-0.2, -0.15) is 0 Å². The van der Waals surface area contributed by atoms with Crippen LogP contribution in [0, 0.1) is 0 Å². The number of aromatic nitrogens is 2. The highest BCUT2D eigenvalue weighted by Crippen LogP contribution is 2.26. The van der Waals surface area contributed by atoms with Crippen LogP contribution in [0.3, 0.4) is 0 Å². The summed E-state index contributed by atoms with van der Waals surface area (Å²) in [7, 11) is 1.88. The van der Waals surface area contributed by atoms with E-state index in [-0.39, 0.29) is 30.4 Å². The second kappa shape index (κ2) is 12.0. The molecule has 0 bridgehead atoms. The van der Waals surface area contributed by atoms with E-state index in [0.717, 1.165) is 22.6 Å². The molecule has 0 fully saturated rings. The highest BCUT2D eigenvalue weighted by Gasteiger charge is 2.17. The van der Waals surface area contributed by atoms with E-state index in [1.807, 2.05) is 55.9 Å². The number of ketones is 1. The normalized spacial score (nSPS) is 12.0. The van der Waals surface area contributed by atoms with Crippen LogP contribution in [0.2, 0.25) is 5.02 Å². The van der Waals surface area contributed by atoms with Crippen molar-refractivity contribution in [2.45, 2.75) is 52.2 Å². The zero-order valence-corrected chi connectivity index (χ0v) is 21.3. The summed E-state index contributed by atoms with van der Waals surface area (Å²) in [6.45, 7) is 5.32. The van der Waals surface area contributed by atoms with Gasteiger partial charge in [-0.25, -0.2) is 4.98 Å². The van der Waals surface area contributed by atoms with E-state index in [1.54, 1.807) is 25.1 Å². The summed E-state index contributed by atoms with van der Waals surface area (Å²) < 4.78 is 7.49. The molecule has 0 aliphatic rings. The predicted octanol–water partition coefficient (Wildman–Crippen LogP) is 4.38. The van der Waals surface area contributed by atoms with Crippen molar-refractivity contribution in [2.75, 3.05) is 6.61 Å². The third-order valence-electron chi connectivity index (χ3n) is 5.48. The maximum atomic E-state index is 12.8. The lowest BCUT2D eigenvalue weighted by Crippen LogP contribution is -2.37. The molecule has 1 aromatic heterocycles. The second-order valence-electron chi connectivity index (χ2n) is 8.93. The molecular weight excluding hydrogens is 466 g/mol. The SMILES string of the molecule is CC(=O)Cc1nc(-c2ccc(CC(CCO)NC(=O)c3ccc(OC(C)C)c(Cl)c3)cc2)cn1C. The quantitative estimate of drug-likeness (QED) is 0.410. The van der Waals surface area contributed by atoms with Gasteiger partial charge < -0.3 is 19.7 Å². The van der Waals surface area contributed by atoms with Gasteiger partial charge in [0, 0.05) is 37.0 Å². The first kappa shape index (κ1) is 26.4. The third-order valence-corrected chi connectivity index (χ3v) is 5.78. The minimum absolute atomic E-state index is 0.0206. The van der Waals surface area contributed by atoms with E-state index in [0.29, 0.717) is 35.6 Å². The molecule has 3 aromatic rings. The molecule has 2 N–H and O–H groups in total. The van der Waals surface area contributed by atoms with Gasteiger partial charge >= 0.3 is 0 Å². The molecule has 1 amide bonds. The summed E-state index contributed by atoms with van der Waals surface area (Å²) in [4.78, 5) is 28.8. The van der Waals surface area contributed by atoms with Crippen LogP contribution in [0.4, 0.5) is 0 Å². The number of hydrogen-bond acceptors (Lipinski definition) is 5. The maximum absolute atomic E-state index is 12.8. The number of Topliss-reactive ketones (excluding diaryl/α,β-unsaturated/α-hetero) is 1. The van der Waals surface area contributed by atoms with Crippen LogP contribution >= 0.6 is 11.6 Å². The van der Waals surface area contributed by atoms with Gasteiger partial charge in [0.15, 0.2) is 0 Å². The third kappa shape index (κ3) is 7.41. The Labute approximate surface area is 211 Å². The molecule has 0 spiro atoms. The van der Waals surface area contributed by atoms with Gasteiger partial charge in [0.25, 0.3) is 5.91 Å². The molecule has 2 aromatic carbocycles. The number of carbonyl (C=O) groups is 2. The Hall–Kier alpha value is -3.16. The molecular formula is C27H32ClN3O4. The highest BCUT2D eigenvalue weighted by molar-refractivity contribution is 6.32. The average molecular weight is 498 g/mol. The number of rotatable bonds is 11. The van der Waals surface area contributed by atoms with E-state index in [2.05, 4.69) is 10.3 Å². The Morgan fingerprint density at radius 3 is 2.49 bits per heavy atom. The highest BCUT2D eigenvalue weighted by atomic mass is 35.5. The van der Waals surface area contributed by atoms with Gasteiger partial charge in [0.2, 0.25) is 0 Å². The summed E-state index contributed by atoms with van der Waals surface area (Å²) in [5.41, 5.74) is 3.20. The monoisotopic (exact) mass is 497 g/mol. The van der Waals surface area contributed by atoms with Crippen LogP contribution in [0.15, 0.2) is 48.7 Å². The van der Waals surface area contributed by atoms with Gasteiger partial charge in [-0.05, 0) is 57.4 Å². The van der Waals surface area contributed by atoms with Crippen molar-refractivity contribution in [3.8, 4) is 17.0 Å². The fourth-order valence-corrected chi connectivity index (χ4v) is 3.99. The molecule has 0 aliphatic heterocycles. The minimum Gasteiger partial charge on any atom is -0.489 e. The minimum atomic E-state index is -0.260. The van der Waals surface area contributed by atoms with Crippen molar-refractivity contribution in [2.24, 2.45) is 7.05 Å². The van der Waals surface area contributed by atoms with E-state index >= 15 is 0 Å². The number of benzene rings is 2. The lowest BCUT2D eigenvalue weighted by atomic mass is 10.0. The molecule has 7 nitrogen and oxygen atoms in total. The van der Waals surface area contributed by atoms with Crippen molar-refractivity contribution >= 4 is 23.3 Å². The topological polar surface area (TPSA) is 93.4 Å². The molecule has 1 atom stereocenters. The van der Waals surface area contributed by atoms with Crippen LogP contribution in [0.5, 0.6) is 5.75 Å². The molecule has 1 unspecified atom stereocenters. The number of aryl methyl sites for hydroxylation is 1. The molecule has 35 heavy (non-hydrogen) atoms. The lowest BCUT2D eigenvalue weighted by Gasteiger charge is -2.19. The van der Waals surface area contributed by atoms with Crippen LogP contribution < -0.4 is 10.1 Å². The Morgan fingerprint density at radius 2 is 1.89 bits per heavy atom. The van der Waals surface area contributed by atoms with Crippen molar-refractivity contribution in [3.05, 3.63) is 70.6 Å². The van der Waals surface area contributed by atoms with E-state index in [9.17, 15) is 14.7 Å². The molecule has 0 saturated heterocycles. The second-order valence-corrected chi connectivity index (χ2v) is 9.33. The maximum Gasteiger partial charge on any atom is 0.251 e. The molecule has 3 rings (SSSR count). The Kier molecular flexibility index (Phi) is 9.07. The fraction of sp³-hybridized carbons (Fsp3) is 0.370. The first-order valence-electron chi connectivity index (χ1n) is 11.6. The average Bonchev–Trinajstić information content (AvgIpc) is 3.15. The summed E-state index contributed by atoms with van der Waals surface area (Å²) in [6.07, 6.45) is 3.17. The molecule has 1 heterocycles. The van der Waals surface area contributed by atoms with Gasteiger partial charge in [-0.3, -0.25) is 9.59 Å². The predicted molar refractivity (Wildman–Crippen MR) is 137 cm³/mol. The van der Waals surface area contributed by atoms with E-state index in [1.165, 1.54) is 0 Å². The number of hydrogen-bond donors (Lipinski definition) is 2. The number of halogens is 1. The molecule has 8 heteroatoms. The van der Waals surface area contributed by atoms with Crippen molar-refractivity contribution in [1.82, 2.24) is 14.9 Å². The van der Waals surface area contributed by atoms with Crippen LogP contribution in [0.25, 0.3) is 11.3 Å². The first-order chi connectivity index (χ1) is 16.7. The summed E-state index contributed by atoms with van der Waals surface area (Å²) in [6, 6.07) is 12.6. The number of amides is 1. The largest absolute Gasteiger partial charge is 0.489 e. The number of imidazole rings is 1. The zero-order chi connectivity index (χ0) is 25.5. The number of carbonyl (C=O) groups excluding carboxylic acids is 2. The number of ether oxygens (including phenoxy) is 1. The van der Waals surface area contributed by atoms with Crippen LogP contribution in [0.1, 0.15) is 48.9 Å². The van der Waals surface area contributed by atoms with Crippen molar-refractivity contribution in [1.29, 1.82) is 0 Å². The van der Waals surface area contributed by atoms with Crippen LogP contribution in [-0.4, -0.2) is 45.1 Å². The van der Waals surface area contributed by atoms with E-state index in [4.69, 9.17) is 16.3 Å². The van der Waals surface area contributed by atoms with E-state index < -0.39 is 0 Å². The molecule has 0 aliphatic carbocycles. The number of aliphatic hydroxyl groups excluding tert-OH is 1. The smallest absolute Gasteiger partial charge is 0.251 e. The summed E-state index contributed by atoms with van der Waals surface area (Å²) in [5.74, 6) is 1.07. The molecule has 0 radical (unpaired) electrons. The lowest BCUT2D eigenvalue weighted by molar-refractivity contribution is -0.116. The Morgan fingerprint density at radius 1 is 1.17 bits per heavy atom.